The minimum absolute atomic E-state index is 0.181. The molecule has 0 fully saturated rings. The van der Waals surface area contributed by atoms with Crippen LogP contribution in [0.1, 0.15) is 43.9 Å². The van der Waals surface area contributed by atoms with E-state index >= 15 is 0 Å². The van der Waals surface area contributed by atoms with E-state index in [2.05, 4.69) is 37.9 Å². The molecule has 3 nitrogen and oxygen atoms in total. The number of fused-ring (bicyclic) bond motifs is 1. The summed E-state index contributed by atoms with van der Waals surface area (Å²) >= 11 is 0. The van der Waals surface area contributed by atoms with Gasteiger partial charge in [-0.25, -0.2) is 0 Å². The van der Waals surface area contributed by atoms with Crippen LogP contribution < -0.4 is 10.6 Å². The maximum atomic E-state index is 10.4. The average molecular weight is 262 g/mol. The monoisotopic (exact) mass is 262 g/mol. The van der Waals surface area contributed by atoms with Crippen LogP contribution >= 0.6 is 0 Å². The molecule has 1 aromatic rings. The lowest BCUT2D eigenvalue weighted by molar-refractivity contribution is 0.136. The number of hydrogen-bond donors (Lipinski definition) is 2. The molecule has 1 aliphatic rings. The first kappa shape index (κ1) is 14.4. The van der Waals surface area contributed by atoms with Crippen molar-refractivity contribution in [2.24, 2.45) is 11.7 Å². The molecule has 0 aliphatic carbocycles. The number of anilines is 1. The molecular weight excluding hydrogens is 236 g/mol. The zero-order valence-electron chi connectivity index (χ0n) is 12.3. The largest absolute Gasteiger partial charge is 0.387 e. The smallest absolute Gasteiger partial charge is 0.0941 e. The Bertz CT molecular complexity index is 431. The summed E-state index contributed by atoms with van der Waals surface area (Å²) in [6.07, 6.45) is 2.57. The van der Waals surface area contributed by atoms with Gasteiger partial charge in [-0.3, -0.25) is 0 Å². The molecular formula is C16H26N2O. The van der Waals surface area contributed by atoms with Crippen molar-refractivity contribution in [3.05, 3.63) is 29.3 Å². The number of hydrogen-bond acceptors (Lipinski definition) is 3. The number of nitrogens with zero attached hydrogens (tertiary/aromatic N) is 1. The van der Waals surface area contributed by atoms with Crippen molar-refractivity contribution < 1.29 is 5.11 Å². The molecule has 2 unspecified atom stereocenters. The molecule has 0 radical (unpaired) electrons. The fraction of sp³-hybridized carbons (Fsp3) is 0.625. The third kappa shape index (κ3) is 3.28. The molecule has 0 spiro atoms. The zero-order chi connectivity index (χ0) is 14.0. The Morgan fingerprint density at radius 1 is 1.37 bits per heavy atom. The highest BCUT2D eigenvalue weighted by Crippen LogP contribution is 2.30. The van der Waals surface area contributed by atoms with Crippen molar-refractivity contribution in [3.8, 4) is 0 Å². The summed E-state index contributed by atoms with van der Waals surface area (Å²) in [7, 11) is 2.12. The molecule has 19 heavy (non-hydrogen) atoms. The van der Waals surface area contributed by atoms with Gasteiger partial charge in [0.15, 0.2) is 0 Å². The Hall–Kier alpha value is -1.06. The summed E-state index contributed by atoms with van der Waals surface area (Å²) in [4.78, 5) is 2.28. The van der Waals surface area contributed by atoms with Crippen LogP contribution in [0.3, 0.4) is 0 Å². The Balaban J connectivity index is 2.17. The predicted molar refractivity (Wildman–Crippen MR) is 80.4 cm³/mol. The molecule has 2 atom stereocenters. The van der Waals surface area contributed by atoms with Crippen molar-refractivity contribution >= 4 is 5.69 Å². The average Bonchev–Trinajstić information content (AvgIpc) is 2.37. The highest BCUT2D eigenvalue weighted by Gasteiger charge is 2.20. The molecule has 0 saturated heterocycles. The molecule has 1 aromatic carbocycles. The van der Waals surface area contributed by atoms with Crippen LogP contribution in [-0.2, 0) is 6.42 Å². The maximum Gasteiger partial charge on any atom is 0.0941 e. The van der Waals surface area contributed by atoms with E-state index in [9.17, 15) is 5.11 Å². The number of nitrogens with two attached hydrogens (primary N) is 1. The summed E-state index contributed by atoms with van der Waals surface area (Å²) in [6, 6.07) is 6.09. The number of aliphatic hydroxyl groups excluding tert-OH is 1. The van der Waals surface area contributed by atoms with Gasteiger partial charge in [0.2, 0.25) is 0 Å². The Morgan fingerprint density at radius 3 is 2.79 bits per heavy atom. The van der Waals surface area contributed by atoms with Crippen LogP contribution in [0.5, 0.6) is 0 Å². The Labute approximate surface area is 116 Å². The second kappa shape index (κ2) is 5.93. The van der Waals surface area contributed by atoms with Crippen LogP contribution in [0.25, 0.3) is 0 Å². The molecule has 3 heteroatoms. The highest BCUT2D eigenvalue weighted by atomic mass is 16.3. The predicted octanol–water partition coefficient (Wildman–Crippen LogP) is 2.48. The summed E-state index contributed by atoms with van der Waals surface area (Å²) < 4.78 is 0. The minimum atomic E-state index is -0.556. The summed E-state index contributed by atoms with van der Waals surface area (Å²) in [6.45, 7) is 5.38. The number of aliphatic hydroxyl groups is 1. The van der Waals surface area contributed by atoms with E-state index in [1.54, 1.807) is 0 Å². The van der Waals surface area contributed by atoms with Crippen LogP contribution in [0, 0.1) is 5.92 Å². The molecule has 2 rings (SSSR count). The topological polar surface area (TPSA) is 49.5 Å². The van der Waals surface area contributed by atoms with Crippen molar-refractivity contribution in [2.45, 2.75) is 45.3 Å². The lowest BCUT2D eigenvalue weighted by Gasteiger charge is -2.29. The van der Waals surface area contributed by atoms with Crippen LogP contribution in [0.4, 0.5) is 5.69 Å². The van der Waals surface area contributed by atoms with Gasteiger partial charge in [-0.05, 0) is 42.4 Å². The van der Waals surface area contributed by atoms with Gasteiger partial charge in [-0.2, -0.15) is 0 Å². The normalized spacial score (nSPS) is 18.3. The van der Waals surface area contributed by atoms with Gasteiger partial charge in [0.1, 0.15) is 0 Å². The van der Waals surface area contributed by atoms with Crippen LogP contribution in [0.2, 0.25) is 0 Å². The molecule has 0 aromatic heterocycles. The minimum Gasteiger partial charge on any atom is -0.387 e. The first-order valence-electron chi connectivity index (χ1n) is 7.26. The van der Waals surface area contributed by atoms with Crippen molar-refractivity contribution in [3.63, 3.8) is 0 Å². The zero-order valence-corrected chi connectivity index (χ0v) is 12.3. The van der Waals surface area contributed by atoms with Gasteiger partial charge in [0.25, 0.3) is 0 Å². The van der Waals surface area contributed by atoms with E-state index in [4.69, 9.17) is 5.73 Å². The standard InChI is InChI=1S/C16H26N2O/c1-11(2)9-14(17)16(19)13-6-7-15-12(10-13)5-4-8-18(15)3/h6-7,10-11,14,16,19H,4-5,8-9,17H2,1-3H3. The third-order valence-corrected chi connectivity index (χ3v) is 3.95. The van der Waals surface area contributed by atoms with E-state index < -0.39 is 6.10 Å². The third-order valence-electron chi connectivity index (χ3n) is 3.95. The van der Waals surface area contributed by atoms with Crippen LogP contribution in [0.15, 0.2) is 18.2 Å². The number of rotatable bonds is 4. The quantitative estimate of drug-likeness (QED) is 0.876. The second-order valence-corrected chi connectivity index (χ2v) is 6.15. The van der Waals surface area contributed by atoms with Gasteiger partial charge in [0, 0.05) is 25.3 Å². The SMILES string of the molecule is CC(C)CC(N)C(O)c1ccc2c(c1)CCCN2C. The van der Waals surface area contributed by atoms with E-state index in [1.165, 1.54) is 17.7 Å². The fourth-order valence-corrected chi connectivity index (χ4v) is 2.91. The molecule has 0 saturated carbocycles. The van der Waals surface area contributed by atoms with E-state index in [1.807, 2.05) is 6.07 Å². The highest BCUT2D eigenvalue weighted by molar-refractivity contribution is 5.56. The Morgan fingerprint density at radius 2 is 2.11 bits per heavy atom. The maximum absolute atomic E-state index is 10.4. The van der Waals surface area contributed by atoms with E-state index in [0.717, 1.165) is 24.9 Å². The molecule has 3 N–H and O–H groups in total. The summed E-state index contributed by atoms with van der Waals surface area (Å²) in [5.74, 6) is 0.508. The fourth-order valence-electron chi connectivity index (χ4n) is 2.91. The molecule has 0 amide bonds. The van der Waals surface area contributed by atoms with E-state index in [0.29, 0.717) is 5.92 Å². The van der Waals surface area contributed by atoms with E-state index in [-0.39, 0.29) is 6.04 Å². The van der Waals surface area contributed by atoms with Crippen LogP contribution in [-0.4, -0.2) is 24.7 Å². The first-order chi connectivity index (χ1) is 8.99. The number of benzene rings is 1. The molecule has 1 heterocycles. The van der Waals surface area contributed by atoms with Gasteiger partial charge in [0.05, 0.1) is 6.10 Å². The van der Waals surface area contributed by atoms with Gasteiger partial charge < -0.3 is 15.7 Å². The van der Waals surface area contributed by atoms with Crippen molar-refractivity contribution in [1.29, 1.82) is 0 Å². The lowest BCUT2D eigenvalue weighted by atomic mass is 9.92. The summed E-state index contributed by atoms with van der Waals surface area (Å²) in [5, 5.41) is 10.4. The second-order valence-electron chi connectivity index (χ2n) is 6.15. The molecule has 1 aliphatic heterocycles. The first-order valence-corrected chi connectivity index (χ1v) is 7.26. The molecule has 106 valence electrons. The Kier molecular flexibility index (Phi) is 4.48. The summed E-state index contributed by atoms with van der Waals surface area (Å²) in [5.41, 5.74) is 9.68. The number of aryl methyl sites for hydroxylation is 1. The van der Waals surface area contributed by atoms with Crippen molar-refractivity contribution in [1.82, 2.24) is 0 Å². The van der Waals surface area contributed by atoms with Crippen molar-refractivity contribution in [2.75, 3.05) is 18.5 Å². The lowest BCUT2D eigenvalue weighted by Crippen LogP contribution is -2.30. The van der Waals surface area contributed by atoms with Gasteiger partial charge in [-0.15, -0.1) is 0 Å². The molecule has 0 bridgehead atoms. The van der Waals surface area contributed by atoms with Gasteiger partial charge >= 0.3 is 0 Å². The van der Waals surface area contributed by atoms with Gasteiger partial charge in [-0.1, -0.05) is 26.0 Å².